The van der Waals surface area contributed by atoms with Crippen molar-refractivity contribution in [2.75, 3.05) is 0 Å². The number of aliphatic imine (C=N–C) groups is 3. The van der Waals surface area contributed by atoms with Crippen LogP contribution in [0, 0.1) is 0 Å². The predicted octanol–water partition coefficient (Wildman–Crippen LogP) is 5.57. The molecule has 2 saturated carbocycles. The van der Waals surface area contributed by atoms with Crippen molar-refractivity contribution in [3.8, 4) is 0 Å². The first-order valence-electron chi connectivity index (χ1n) is 10.4. The summed E-state index contributed by atoms with van der Waals surface area (Å²) in [5.74, 6) is 0. The van der Waals surface area contributed by atoms with Gasteiger partial charge in [-0.05, 0) is 58.8 Å². The smallest absolute Gasteiger partial charge is 0.0877 e. The number of rotatable bonds is 4. The maximum absolute atomic E-state index is 5.07. The fourth-order valence-corrected chi connectivity index (χ4v) is 4.50. The second-order valence-corrected chi connectivity index (χ2v) is 8.05. The molecule has 3 nitrogen and oxygen atoms in total. The molecule has 24 heavy (non-hydrogen) atoms. The van der Waals surface area contributed by atoms with Gasteiger partial charge in [-0.15, -0.1) is 0 Å². The van der Waals surface area contributed by atoms with E-state index in [1.165, 1.54) is 94.2 Å². The third-order valence-corrected chi connectivity index (χ3v) is 6.01. The van der Waals surface area contributed by atoms with Crippen LogP contribution in [0.5, 0.6) is 0 Å². The van der Waals surface area contributed by atoms with Gasteiger partial charge in [-0.1, -0.05) is 38.5 Å². The summed E-state index contributed by atoms with van der Waals surface area (Å²) in [6.07, 6.45) is 16.8. The van der Waals surface area contributed by atoms with Crippen LogP contribution < -0.4 is 0 Å². The van der Waals surface area contributed by atoms with Gasteiger partial charge in [-0.2, -0.15) is 0 Å². The van der Waals surface area contributed by atoms with Gasteiger partial charge in [0.25, 0.3) is 0 Å². The molecule has 0 N–H and O–H groups in total. The lowest BCUT2D eigenvalue weighted by Crippen LogP contribution is -2.28. The van der Waals surface area contributed by atoms with Crippen molar-refractivity contribution in [2.24, 2.45) is 15.0 Å². The monoisotopic (exact) mass is 329 g/mol. The van der Waals surface area contributed by atoms with Crippen molar-refractivity contribution >= 4 is 17.1 Å². The Morgan fingerprint density at radius 3 is 1.96 bits per heavy atom. The zero-order valence-corrected chi connectivity index (χ0v) is 15.8. The Kier molecular flexibility index (Phi) is 6.62. The van der Waals surface area contributed by atoms with Gasteiger partial charge in [0.15, 0.2) is 0 Å². The molecular weight excluding hydrogens is 294 g/mol. The molecule has 0 bridgehead atoms. The van der Waals surface area contributed by atoms with Gasteiger partial charge in [-0.3, -0.25) is 15.0 Å². The van der Waals surface area contributed by atoms with Crippen molar-refractivity contribution in [3.05, 3.63) is 0 Å². The van der Waals surface area contributed by atoms with E-state index < -0.39 is 0 Å². The van der Waals surface area contributed by atoms with Gasteiger partial charge >= 0.3 is 0 Å². The van der Waals surface area contributed by atoms with E-state index in [9.17, 15) is 0 Å². The maximum atomic E-state index is 5.07. The summed E-state index contributed by atoms with van der Waals surface area (Å²) in [4.78, 5) is 15.1. The van der Waals surface area contributed by atoms with Crippen molar-refractivity contribution in [1.82, 2.24) is 0 Å². The molecule has 3 aliphatic rings. The van der Waals surface area contributed by atoms with Gasteiger partial charge in [0.2, 0.25) is 0 Å². The topological polar surface area (TPSA) is 37.1 Å². The number of nitrogens with zero attached hydrogens (tertiary/aromatic N) is 3. The van der Waals surface area contributed by atoms with Crippen LogP contribution in [0.3, 0.4) is 0 Å². The summed E-state index contributed by atoms with van der Waals surface area (Å²) < 4.78 is 0. The number of hydrogen-bond donors (Lipinski definition) is 0. The average molecular weight is 330 g/mol. The molecule has 3 heteroatoms. The van der Waals surface area contributed by atoms with Crippen molar-refractivity contribution in [3.63, 3.8) is 0 Å². The van der Waals surface area contributed by atoms with Gasteiger partial charge in [-0.25, -0.2) is 0 Å². The first-order valence-corrected chi connectivity index (χ1v) is 10.4. The normalized spacial score (nSPS) is 28.8. The Balaban J connectivity index is 1.65. The quantitative estimate of drug-likeness (QED) is 0.605. The van der Waals surface area contributed by atoms with Crippen LogP contribution in [0.15, 0.2) is 15.0 Å². The van der Waals surface area contributed by atoms with E-state index >= 15 is 0 Å². The second-order valence-electron chi connectivity index (χ2n) is 8.05. The van der Waals surface area contributed by atoms with E-state index in [1.54, 1.807) is 0 Å². The highest BCUT2D eigenvalue weighted by Gasteiger charge is 2.21. The lowest BCUT2D eigenvalue weighted by molar-refractivity contribution is 0.441. The van der Waals surface area contributed by atoms with Gasteiger partial charge in [0.05, 0.1) is 23.5 Å². The van der Waals surface area contributed by atoms with Crippen LogP contribution in [0.1, 0.15) is 97.3 Å². The molecule has 0 aromatic rings. The highest BCUT2D eigenvalue weighted by molar-refractivity contribution is 6.41. The standard InChI is InChI=1S/C21H35N3/c1-16(22-18-10-5-3-6-11-18)20-14-9-15-21(24-20)17(2)23-19-12-7-4-8-13-19/h18-20H,3-15H2,1-2H3/b22-16+,23-17+. The third kappa shape index (κ3) is 5.00. The Hall–Kier alpha value is -0.990. The second kappa shape index (κ2) is 8.92. The summed E-state index contributed by atoms with van der Waals surface area (Å²) in [5.41, 5.74) is 3.73. The van der Waals surface area contributed by atoms with E-state index in [-0.39, 0.29) is 0 Å². The van der Waals surface area contributed by atoms with Crippen LogP contribution in [0.25, 0.3) is 0 Å². The molecule has 3 rings (SSSR count). The Bertz CT molecular complexity index is 491. The SMILES string of the molecule is C/C(=N\C1CCCCC1)C1=NC(/C(C)=N/C2CCCCC2)CCC1. The largest absolute Gasteiger partial charge is 0.289 e. The molecule has 1 unspecified atom stereocenters. The lowest BCUT2D eigenvalue weighted by Gasteiger charge is -2.24. The molecule has 1 aliphatic heterocycles. The first kappa shape index (κ1) is 17.8. The van der Waals surface area contributed by atoms with Crippen LogP contribution in [0.2, 0.25) is 0 Å². The minimum absolute atomic E-state index is 0.312. The van der Waals surface area contributed by atoms with E-state index in [2.05, 4.69) is 13.8 Å². The van der Waals surface area contributed by atoms with Gasteiger partial charge in [0, 0.05) is 11.8 Å². The van der Waals surface area contributed by atoms with Crippen molar-refractivity contribution in [1.29, 1.82) is 0 Å². The molecule has 2 aliphatic carbocycles. The molecule has 0 saturated heterocycles. The van der Waals surface area contributed by atoms with Gasteiger partial charge in [0.1, 0.15) is 0 Å². The van der Waals surface area contributed by atoms with Crippen molar-refractivity contribution < 1.29 is 0 Å². The summed E-state index contributed by atoms with van der Waals surface area (Å²) in [6, 6.07) is 1.43. The molecule has 0 aromatic carbocycles. The molecule has 1 atom stereocenters. The van der Waals surface area contributed by atoms with Crippen LogP contribution in [-0.2, 0) is 0 Å². The van der Waals surface area contributed by atoms with E-state index in [0.717, 1.165) is 6.42 Å². The van der Waals surface area contributed by atoms with E-state index in [1.807, 2.05) is 0 Å². The highest BCUT2D eigenvalue weighted by atomic mass is 14.9. The predicted molar refractivity (Wildman–Crippen MR) is 105 cm³/mol. The van der Waals surface area contributed by atoms with E-state index in [0.29, 0.717) is 18.1 Å². The summed E-state index contributed by atoms with van der Waals surface area (Å²) in [6.45, 7) is 4.39. The molecule has 2 fully saturated rings. The molecule has 0 spiro atoms. The Morgan fingerprint density at radius 1 is 0.750 bits per heavy atom. The maximum Gasteiger partial charge on any atom is 0.0877 e. The summed E-state index contributed by atoms with van der Waals surface area (Å²) >= 11 is 0. The highest BCUT2D eigenvalue weighted by Crippen LogP contribution is 2.24. The van der Waals surface area contributed by atoms with Crippen LogP contribution >= 0.6 is 0 Å². The minimum atomic E-state index is 0.312. The number of hydrogen-bond acceptors (Lipinski definition) is 3. The molecular formula is C21H35N3. The molecule has 0 radical (unpaired) electrons. The molecule has 0 aromatic heterocycles. The van der Waals surface area contributed by atoms with E-state index in [4.69, 9.17) is 15.0 Å². The summed E-state index contributed by atoms with van der Waals surface area (Å²) in [7, 11) is 0. The zero-order chi connectivity index (χ0) is 16.8. The van der Waals surface area contributed by atoms with Gasteiger partial charge < -0.3 is 0 Å². The van der Waals surface area contributed by atoms with Crippen molar-refractivity contribution in [2.45, 2.75) is 115 Å². The average Bonchev–Trinajstić information content (AvgIpc) is 2.63. The molecule has 134 valence electrons. The minimum Gasteiger partial charge on any atom is -0.289 e. The fourth-order valence-electron chi connectivity index (χ4n) is 4.50. The summed E-state index contributed by atoms with van der Waals surface area (Å²) in [5, 5.41) is 0. The zero-order valence-electron chi connectivity index (χ0n) is 15.8. The Labute approximate surface area is 148 Å². The first-order chi connectivity index (χ1) is 11.7. The molecule has 1 heterocycles. The van der Waals surface area contributed by atoms with Crippen LogP contribution in [0.4, 0.5) is 0 Å². The Morgan fingerprint density at radius 2 is 1.33 bits per heavy atom. The fraction of sp³-hybridized carbons (Fsp3) is 0.857. The lowest BCUT2D eigenvalue weighted by atomic mass is 9.94. The molecule has 0 amide bonds. The van der Waals surface area contributed by atoms with Crippen LogP contribution in [-0.4, -0.2) is 35.3 Å². The third-order valence-electron chi connectivity index (χ3n) is 6.01.